The van der Waals surface area contributed by atoms with Gasteiger partial charge in [-0.05, 0) is 45.2 Å². The Bertz CT molecular complexity index is 781. The van der Waals surface area contributed by atoms with E-state index in [0.717, 1.165) is 6.07 Å². The van der Waals surface area contributed by atoms with Crippen molar-refractivity contribution in [2.45, 2.75) is 72.3 Å². The van der Waals surface area contributed by atoms with Gasteiger partial charge >= 0.3 is 5.97 Å². The van der Waals surface area contributed by atoms with Crippen molar-refractivity contribution in [1.82, 2.24) is 5.32 Å². The zero-order valence-corrected chi connectivity index (χ0v) is 18.9. The van der Waals surface area contributed by atoms with Crippen LogP contribution in [0.25, 0.3) is 0 Å². The molecule has 0 bridgehead atoms. The van der Waals surface area contributed by atoms with E-state index in [1.165, 1.54) is 25.5 Å². The maximum atomic E-state index is 13.6. The molecule has 2 N–H and O–H groups in total. The number of carbonyl (C=O) groups is 2. The molecule has 0 spiro atoms. The Hall–Kier alpha value is -2.48. The predicted octanol–water partition coefficient (Wildman–Crippen LogP) is 3.23. The number of hydrogen-bond donors (Lipinski definition) is 2. The number of carbonyl (C=O) groups excluding carboxylic acids is 2. The lowest BCUT2D eigenvalue weighted by Crippen LogP contribution is -2.54. The van der Waals surface area contributed by atoms with Crippen LogP contribution in [0.5, 0.6) is 5.75 Å². The van der Waals surface area contributed by atoms with E-state index < -0.39 is 52.6 Å². The van der Waals surface area contributed by atoms with Crippen molar-refractivity contribution < 1.29 is 28.6 Å². The fourth-order valence-corrected chi connectivity index (χ4v) is 2.83. The van der Waals surface area contributed by atoms with Gasteiger partial charge in [0.1, 0.15) is 6.04 Å². The molecule has 3 atom stereocenters. The molecule has 1 aromatic rings. The van der Waals surface area contributed by atoms with Crippen LogP contribution < -0.4 is 5.32 Å². The molecular weight excluding hydrogens is 391 g/mol. The second kappa shape index (κ2) is 10.0. The first kappa shape index (κ1) is 25.6. The summed E-state index contributed by atoms with van der Waals surface area (Å²) in [6.45, 7) is 12.6. The largest absolute Gasteiger partial charge is 0.504 e. The molecule has 0 aliphatic rings. The summed E-state index contributed by atoms with van der Waals surface area (Å²) in [4.78, 5) is 29.6. The van der Waals surface area contributed by atoms with Gasteiger partial charge in [0.05, 0.1) is 18.8 Å². The molecule has 0 heterocycles. The van der Waals surface area contributed by atoms with Crippen molar-refractivity contribution in [2.75, 3.05) is 7.11 Å². The third-order valence-electron chi connectivity index (χ3n) is 4.21. The molecule has 0 saturated carbocycles. The minimum atomic E-state index is -1.04. The number of nitrogens with zero attached hydrogens (tertiary/aromatic N) is 1. The third-order valence-corrected chi connectivity index (χ3v) is 4.21. The van der Waals surface area contributed by atoms with E-state index in [2.05, 4.69) is 10.3 Å². The summed E-state index contributed by atoms with van der Waals surface area (Å²) in [6.07, 6.45) is 0.592. The number of phenols is 1. The first-order valence-electron chi connectivity index (χ1n) is 9.74. The van der Waals surface area contributed by atoms with Crippen LogP contribution in [-0.4, -0.2) is 54.1 Å². The lowest BCUT2D eigenvalue weighted by molar-refractivity contribution is -0.153. The van der Waals surface area contributed by atoms with Gasteiger partial charge in [-0.3, -0.25) is 9.79 Å². The highest BCUT2D eigenvalue weighted by molar-refractivity contribution is 5.91. The van der Waals surface area contributed by atoms with E-state index in [1.54, 1.807) is 6.92 Å². The fourth-order valence-electron chi connectivity index (χ4n) is 2.83. The van der Waals surface area contributed by atoms with E-state index in [4.69, 9.17) is 9.47 Å². The van der Waals surface area contributed by atoms with Gasteiger partial charge < -0.3 is 19.9 Å². The molecule has 0 saturated heterocycles. The maximum absolute atomic E-state index is 13.6. The van der Waals surface area contributed by atoms with Gasteiger partial charge in [-0.15, -0.1) is 0 Å². The summed E-state index contributed by atoms with van der Waals surface area (Å²) in [7, 11) is 1.23. The van der Waals surface area contributed by atoms with Crippen molar-refractivity contribution >= 4 is 18.1 Å². The quantitative estimate of drug-likeness (QED) is 0.517. The standard InChI is InChI=1S/C22H33FN2O5/c1-13(30-22(5,6)7)16(20(28)29-8)25-19(27)18(21(2,3)4)24-12-14-10-9-11-15(23)17(14)26/h9-13,16,18,26H,1-8H3,(H,25,27)/t13-,16+,18-/m1/s1. The Kier molecular flexibility index (Phi) is 8.53. The molecule has 30 heavy (non-hydrogen) atoms. The lowest BCUT2D eigenvalue weighted by atomic mass is 9.86. The van der Waals surface area contributed by atoms with E-state index in [0.29, 0.717) is 0 Å². The molecule has 0 unspecified atom stereocenters. The number of esters is 1. The Morgan fingerprint density at radius 2 is 1.80 bits per heavy atom. The molecule has 1 rings (SSSR count). The first-order chi connectivity index (χ1) is 13.7. The fraction of sp³-hybridized carbons (Fsp3) is 0.591. The van der Waals surface area contributed by atoms with E-state index in [9.17, 15) is 19.1 Å². The van der Waals surface area contributed by atoms with Crippen molar-refractivity contribution in [2.24, 2.45) is 10.4 Å². The third kappa shape index (κ3) is 7.40. The number of methoxy groups -OCH3 is 1. The molecule has 1 aromatic carbocycles. The van der Waals surface area contributed by atoms with E-state index >= 15 is 0 Å². The summed E-state index contributed by atoms with van der Waals surface area (Å²) in [6, 6.07) is 2.08. The number of nitrogens with one attached hydrogen (secondary N) is 1. The van der Waals surface area contributed by atoms with Gasteiger partial charge in [0.25, 0.3) is 0 Å². The van der Waals surface area contributed by atoms with Crippen LogP contribution in [0.4, 0.5) is 4.39 Å². The van der Waals surface area contributed by atoms with Gasteiger partial charge in [0, 0.05) is 11.8 Å². The summed E-state index contributed by atoms with van der Waals surface area (Å²) in [5.74, 6) is -2.49. The van der Waals surface area contributed by atoms with Gasteiger partial charge in [-0.25, -0.2) is 9.18 Å². The summed E-state index contributed by atoms with van der Waals surface area (Å²) >= 11 is 0. The molecule has 168 valence electrons. The van der Waals surface area contributed by atoms with Crippen molar-refractivity contribution in [1.29, 1.82) is 0 Å². The van der Waals surface area contributed by atoms with Crippen molar-refractivity contribution in [3.63, 3.8) is 0 Å². The highest BCUT2D eigenvalue weighted by Crippen LogP contribution is 2.25. The number of rotatable bonds is 7. The number of amides is 1. The number of phenolic OH excluding ortho intramolecular Hbond substituents is 1. The SMILES string of the molecule is COC(=O)[C@@H](NC(=O)[C@@H](N=Cc1cccc(F)c1O)C(C)(C)C)[C@@H](C)OC(C)(C)C. The summed E-state index contributed by atoms with van der Waals surface area (Å²) in [5, 5.41) is 12.5. The highest BCUT2D eigenvalue weighted by atomic mass is 19.1. The van der Waals surface area contributed by atoms with Gasteiger partial charge in [0.2, 0.25) is 5.91 Å². The second-order valence-electron chi connectivity index (χ2n) is 9.17. The van der Waals surface area contributed by atoms with Crippen LogP contribution in [0.3, 0.4) is 0 Å². The number of ether oxygens (including phenoxy) is 2. The molecule has 0 radical (unpaired) electrons. The smallest absolute Gasteiger partial charge is 0.331 e. The Balaban J connectivity index is 3.16. The summed E-state index contributed by atoms with van der Waals surface area (Å²) < 4.78 is 24.2. The topological polar surface area (TPSA) is 97.2 Å². The van der Waals surface area contributed by atoms with Crippen LogP contribution in [0.2, 0.25) is 0 Å². The Morgan fingerprint density at radius 3 is 2.30 bits per heavy atom. The van der Waals surface area contributed by atoms with Crippen LogP contribution in [-0.2, 0) is 19.1 Å². The van der Waals surface area contributed by atoms with Crippen LogP contribution >= 0.6 is 0 Å². The number of aromatic hydroxyl groups is 1. The molecule has 8 heteroatoms. The van der Waals surface area contributed by atoms with E-state index in [-0.39, 0.29) is 5.56 Å². The maximum Gasteiger partial charge on any atom is 0.331 e. The second-order valence-corrected chi connectivity index (χ2v) is 9.17. The molecule has 1 amide bonds. The minimum Gasteiger partial charge on any atom is -0.504 e. The van der Waals surface area contributed by atoms with Gasteiger partial charge in [-0.1, -0.05) is 26.8 Å². The summed E-state index contributed by atoms with van der Waals surface area (Å²) in [5.41, 5.74) is -1.02. The number of benzene rings is 1. The van der Waals surface area contributed by atoms with Crippen LogP contribution in [0, 0.1) is 11.2 Å². The van der Waals surface area contributed by atoms with Gasteiger partial charge in [-0.2, -0.15) is 0 Å². The molecule has 7 nitrogen and oxygen atoms in total. The monoisotopic (exact) mass is 424 g/mol. The Morgan fingerprint density at radius 1 is 1.20 bits per heavy atom. The number of para-hydroxylation sites is 1. The molecule has 0 aliphatic heterocycles. The zero-order chi connectivity index (χ0) is 23.3. The molecule has 0 aliphatic carbocycles. The molecular formula is C22H33FN2O5. The van der Waals surface area contributed by atoms with E-state index in [1.807, 2.05) is 41.5 Å². The van der Waals surface area contributed by atoms with Crippen LogP contribution in [0.15, 0.2) is 23.2 Å². The van der Waals surface area contributed by atoms with Crippen molar-refractivity contribution in [3.05, 3.63) is 29.6 Å². The minimum absolute atomic E-state index is 0.144. The van der Waals surface area contributed by atoms with Crippen LogP contribution in [0.1, 0.15) is 54.0 Å². The van der Waals surface area contributed by atoms with Gasteiger partial charge in [0.15, 0.2) is 17.6 Å². The predicted molar refractivity (Wildman–Crippen MR) is 113 cm³/mol. The average Bonchev–Trinajstić information content (AvgIpc) is 2.59. The first-order valence-corrected chi connectivity index (χ1v) is 9.74. The number of hydrogen-bond acceptors (Lipinski definition) is 6. The normalized spacial score (nSPS) is 15.5. The zero-order valence-electron chi connectivity index (χ0n) is 18.9. The number of halogens is 1. The van der Waals surface area contributed by atoms with Crippen molar-refractivity contribution in [3.8, 4) is 5.75 Å². The number of aliphatic imine (C=N–C) groups is 1. The molecule has 0 fully saturated rings. The lowest BCUT2D eigenvalue weighted by Gasteiger charge is -2.32. The Labute approximate surface area is 177 Å². The average molecular weight is 425 g/mol. The molecule has 0 aromatic heterocycles. The highest BCUT2D eigenvalue weighted by Gasteiger charge is 2.37.